The minimum absolute atomic E-state index is 0.371. The number of ether oxygens (including phenoxy) is 2. The summed E-state index contributed by atoms with van der Waals surface area (Å²) >= 11 is 0. The maximum absolute atomic E-state index is 12.4. The number of carbonyl (C=O) groups excluding carboxylic acids is 2. The van der Waals surface area contributed by atoms with Gasteiger partial charge < -0.3 is 20.1 Å². The molecule has 0 bridgehead atoms. The Hall–Kier alpha value is -3.68. The number of methoxy groups -OCH3 is 1. The molecule has 210 valence electrons. The van der Waals surface area contributed by atoms with Gasteiger partial charge in [0.2, 0.25) is 0 Å². The van der Waals surface area contributed by atoms with E-state index in [4.69, 9.17) is 9.72 Å². The number of esters is 1. The fraction of sp³-hybridized carbons (Fsp3) is 0.484. The number of hydrogen-bond donors (Lipinski definition) is 2. The number of rotatable bonds is 17. The van der Waals surface area contributed by atoms with Crippen molar-refractivity contribution in [3.05, 3.63) is 54.1 Å². The Labute approximate surface area is 231 Å². The van der Waals surface area contributed by atoms with Gasteiger partial charge in [-0.25, -0.2) is 14.8 Å². The SMILES string of the molecule is CCCCCCCCCCCCNc1nc2ccccc2nc1Oc1ccc(C(=O)N[C@@H](C)C(=O)OC)cc1. The average Bonchev–Trinajstić information content (AvgIpc) is 2.95. The number of nitrogens with zero attached hydrogens (tertiary/aromatic N) is 2. The molecule has 0 saturated heterocycles. The van der Waals surface area contributed by atoms with E-state index in [0.717, 1.165) is 24.0 Å². The molecule has 0 aliphatic heterocycles. The molecule has 0 spiro atoms. The molecule has 3 aromatic rings. The Balaban J connectivity index is 1.55. The first-order valence-electron chi connectivity index (χ1n) is 14.2. The molecule has 39 heavy (non-hydrogen) atoms. The van der Waals surface area contributed by atoms with Gasteiger partial charge in [-0.05, 0) is 49.7 Å². The lowest BCUT2D eigenvalue weighted by molar-refractivity contribution is -0.142. The number of unbranched alkanes of at least 4 members (excludes halogenated alkanes) is 9. The van der Waals surface area contributed by atoms with Gasteiger partial charge in [0.05, 0.1) is 18.1 Å². The molecule has 1 amide bonds. The van der Waals surface area contributed by atoms with Crippen LogP contribution in [0.1, 0.15) is 88.4 Å². The zero-order valence-corrected chi connectivity index (χ0v) is 23.5. The van der Waals surface area contributed by atoms with E-state index < -0.39 is 12.0 Å². The first-order chi connectivity index (χ1) is 19.0. The van der Waals surface area contributed by atoms with E-state index in [1.807, 2.05) is 24.3 Å². The standard InChI is InChI=1S/C31H42N4O4/c1-4-5-6-7-8-9-10-11-12-15-22-32-28-30(35-27-17-14-13-16-26(27)34-28)39-25-20-18-24(19-21-25)29(36)33-23(2)31(37)38-3/h13-14,16-21,23H,4-12,15,22H2,1-3H3,(H,32,34)(H,33,36)/t23-/m0/s1. The van der Waals surface area contributed by atoms with Crippen LogP contribution in [-0.4, -0.2) is 41.5 Å². The van der Waals surface area contributed by atoms with Gasteiger partial charge in [-0.3, -0.25) is 4.79 Å². The van der Waals surface area contributed by atoms with Gasteiger partial charge in [-0.15, -0.1) is 0 Å². The van der Waals surface area contributed by atoms with Crippen LogP contribution in [0.3, 0.4) is 0 Å². The second-order valence-corrected chi connectivity index (χ2v) is 9.82. The molecule has 3 rings (SSSR count). The molecule has 0 aliphatic rings. The van der Waals surface area contributed by atoms with Gasteiger partial charge in [0.1, 0.15) is 11.8 Å². The van der Waals surface area contributed by atoms with Crippen LogP contribution in [-0.2, 0) is 9.53 Å². The van der Waals surface area contributed by atoms with Gasteiger partial charge in [-0.1, -0.05) is 76.8 Å². The smallest absolute Gasteiger partial charge is 0.328 e. The molecule has 2 N–H and O–H groups in total. The molecular formula is C31H42N4O4. The number of anilines is 1. The predicted molar refractivity (Wildman–Crippen MR) is 155 cm³/mol. The number of fused-ring (bicyclic) bond motifs is 1. The Morgan fingerprint density at radius 1 is 0.821 bits per heavy atom. The van der Waals surface area contributed by atoms with Gasteiger partial charge in [-0.2, -0.15) is 0 Å². The highest BCUT2D eigenvalue weighted by Gasteiger charge is 2.17. The number of nitrogens with one attached hydrogen (secondary N) is 2. The molecule has 0 fully saturated rings. The Morgan fingerprint density at radius 3 is 2.03 bits per heavy atom. The molecular weight excluding hydrogens is 492 g/mol. The van der Waals surface area contributed by atoms with E-state index in [0.29, 0.717) is 23.0 Å². The number of para-hydroxylation sites is 2. The Morgan fingerprint density at radius 2 is 1.41 bits per heavy atom. The third-order valence-corrected chi connectivity index (χ3v) is 6.59. The van der Waals surface area contributed by atoms with Crippen molar-refractivity contribution in [1.82, 2.24) is 15.3 Å². The number of carbonyl (C=O) groups is 2. The van der Waals surface area contributed by atoms with E-state index in [-0.39, 0.29) is 5.91 Å². The third-order valence-electron chi connectivity index (χ3n) is 6.59. The molecule has 8 heteroatoms. The van der Waals surface area contributed by atoms with Crippen molar-refractivity contribution in [3.63, 3.8) is 0 Å². The fourth-order valence-electron chi connectivity index (χ4n) is 4.29. The summed E-state index contributed by atoms with van der Waals surface area (Å²) in [5.74, 6) is 0.634. The van der Waals surface area contributed by atoms with E-state index in [2.05, 4.69) is 27.3 Å². The van der Waals surface area contributed by atoms with E-state index >= 15 is 0 Å². The summed E-state index contributed by atoms with van der Waals surface area (Å²) in [6, 6.07) is 13.6. The average molecular weight is 535 g/mol. The van der Waals surface area contributed by atoms with Crippen molar-refractivity contribution < 1.29 is 19.1 Å². The number of aromatic nitrogens is 2. The van der Waals surface area contributed by atoms with E-state index in [1.165, 1.54) is 64.9 Å². The molecule has 0 radical (unpaired) electrons. The summed E-state index contributed by atoms with van der Waals surface area (Å²) in [7, 11) is 1.28. The van der Waals surface area contributed by atoms with Crippen LogP contribution in [0, 0.1) is 0 Å². The minimum atomic E-state index is -0.740. The second-order valence-electron chi connectivity index (χ2n) is 9.82. The summed E-state index contributed by atoms with van der Waals surface area (Å²) in [5.41, 5.74) is 1.94. The molecule has 1 aromatic heterocycles. The van der Waals surface area contributed by atoms with E-state index in [1.54, 1.807) is 31.2 Å². The minimum Gasteiger partial charge on any atom is -0.467 e. The van der Waals surface area contributed by atoms with Crippen molar-refractivity contribution in [1.29, 1.82) is 0 Å². The molecule has 1 heterocycles. The lowest BCUT2D eigenvalue weighted by atomic mass is 10.1. The first-order valence-corrected chi connectivity index (χ1v) is 14.2. The summed E-state index contributed by atoms with van der Waals surface area (Å²) in [6.07, 6.45) is 12.8. The van der Waals surface area contributed by atoms with Crippen LogP contribution in [0.25, 0.3) is 11.0 Å². The van der Waals surface area contributed by atoms with Gasteiger partial charge >= 0.3 is 5.97 Å². The number of benzene rings is 2. The van der Waals surface area contributed by atoms with Crippen LogP contribution in [0.5, 0.6) is 11.6 Å². The van der Waals surface area contributed by atoms with Gasteiger partial charge in [0, 0.05) is 12.1 Å². The molecule has 0 unspecified atom stereocenters. The van der Waals surface area contributed by atoms with Crippen LogP contribution in [0.15, 0.2) is 48.5 Å². The molecule has 0 aliphatic carbocycles. The van der Waals surface area contributed by atoms with Crippen molar-refractivity contribution in [2.45, 2.75) is 84.1 Å². The number of amides is 1. The lowest BCUT2D eigenvalue weighted by Gasteiger charge is -2.13. The highest BCUT2D eigenvalue weighted by Crippen LogP contribution is 2.28. The highest BCUT2D eigenvalue weighted by molar-refractivity contribution is 5.96. The number of hydrogen-bond acceptors (Lipinski definition) is 7. The summed E-state index contributed by atoms with van der Waals surface area (Å²) < 4.78 is 10.8. The second kappa shape index (κ2) is 16.3. The topological polar surface area (TPSA) is 102 Å². The van der Waals surface area contributed by atoms with Gasteiger partial charge in [0.25, 0.3) is 11.8 Å². The zero-order chi connectivity index (χ0) is 27.9. The van der Waals surface area contributed by atoms with Crippen LogP contribution >= 0.6 is 0 Å². The zero-order valence-electron chi connectivity index (χ0n) is 23.5. The van der Waals surface area contributed by atoms with Crippen molar-refractivity contribution in [2.24, 2.45) is 0 Å². The molecule has 2 aromatic carbocycles. The first kappa shape index (κ1) is 29.9. The normalized spacial score (nSPS) is 11.7. The van der Waals surface area contributed by atoms with Crippen LogP contribution in [0.2, 0.25) is 0 Å². The Bertz CT molecular complexity index is 1180. The van der Waals surface area contributed by atoms with Crippen molar-refractivity contribution >= 4 is 28.7 Å². The van der Waals surface area contributed by atoms with E-state index in [9.17, 15) is 9.59 Å². The van der Waals surface area contributed by atoms with Crippen LogP contribution < -0.4 is 15.4 Å². The highest BCUT2D eigenvalue weighted by atomic mass is 16.5. The molecule has 1 atom stereocenters. The van der Waals surface area contributed by atoms with Crippen LogP contribution in [0.4, 0.5) is 5.82 Å². The van der Waals surface area contributed by atoms with Crippen molar-refractivity contribution in [2.75, 3.05) is 19.0 Å². The maximum Gasteiger partial charge on any atom is 0.328 e. The fourth-order valence-corrected chi connectivity index (χ4v) is 4.29. The molecule has 0 saturated carbocycles. The summed E-state index contributed by atoms with van der Waals surface area (Å²) in [4.78, 5) is 33.5. The summed E-state index contributed by atoms with van der Waals surface area (Å²) in [5, 5.41) is 6.03. The van der Waals surface area contributed by atoms with Crippen molar-refractivity contribution in [3.8, 4) is 11.6 Å². The summed E-state index contributed by atoms with van der Waals surface area (Å²) in [6.45, 7) is 4.62. The molecule has 8 nitrogen and oxygen atoms in total. The monoisotopic (exact) mass is 534 g/mol. The largest absolute Gasteiger partial charge is 0.467 e. The maximum atomic E-state index is 12.4. The third kappa shape index (κ3) is 9.85. The Kier molecular flexibility index (Phi) is 12.5. The van der Waals surface area contributed by atoms with Gasteiger partial charge in [0.15, 0.2) is 5.82 Å². The quantitative estimate of drug-likeness (QED) is 0.141. The predicted octanol–water partition coefficient (Wildman–Crippen LogP) is 7.05. The lowest BCUT2D eigenvalue weighted by Crippen LogP contribution is -2.39.